The Balaban J connectivity index is 0.00000364. The zero-order valence-electron chi connectivity index (χ0n) is 16.8. The lowest BCUT2D eigenvalue weighted by atomic mass is 10.1. The highest BCUT2D eigenvalue weighted by Gasteiger charge is 2.14. The number of guanidine groups is 1. The van der Waals surface area contributed by atoms with Crippen molar-refractivity contribution in [3.63, 3.8) is 0 Å². The van der Waals surface area contributed by atoms with E-state index in [-0.39, 0.29) is 29.6 Å². The second kappa shape index (κ2) is 11.2. The number of ether oxygens (including phenoxy) is 1. The Morgan fingerprint density at radius 3 is 2.56 bits per heavy atom. The van der Waals surface area contributed by atoms with Crippen LogP contribution >= 0.6 is 24.0 Å². The quantitative estimate of drug-likeness (QED) is 0.347. The summed E-state index contributed by atoms with van der Waals surface area (Å²) in [5, 5.41) is 10.5. The molecule has 0 spiro atoms. The largest absolute Gasteiger partial charge is 0.488 e. The van der Waals surface area contributed by atoms with Crippen LogP contribution in [0.25, 0.3) is 0 Å². The fourth-order valence-corrected chi connectivity index (χ4v) is 2.35. The van der Waals surface area contributed by atoms with E-state index in [1.165, 1.54) is 0 Å². The van der Waals surface area contributed by atoms with Crippen LogP contribution in [0.2, 0.25) is 0 Å². The highest BCUT2D eigenvalue weighted by Crippen LogP contribution is 2.23. The van der Waals surface area contributed by atoms with E-state index in [4.69, 9.17) is 9.26 Å². The molecule has 0 aliphatic carbocycles. The number of halogens is 1. The Morgan fingerprint density at radius 1 is 1.19 bits per heavy atom. The number of nitrogens with one attached hydrogen (secondary N) is 2. The van der Waals surface area contributed by atoms with Gasteiger partial charge in [-0.1, -0.05) is 30.3 Å². The van der Waals surface area contributed by atoms with E-state index in [0.717, 1.165) is 41.7 Å². The van der Waals surface area contributed by atoms with Crippen molar-refractivity contribution < 1.29 is 9.26 Å². The van der Waals surface area contributed by atoms with Crippen molar-refractivity contribution in [1.82, 2.24) is 15.8 Å². The van der Waals surface area contributed by atoms with Gasteiger partial charge in [0.2, 0.25) is 0 Å². The maximum Gasteiger partial charge on any atom is 0.191 e. The minimum atomic E-state index is -0.244. The number of hydrogen-bond acceptors (Lipinski definition) is 4. The molecule has 2 N–H and O–H groups in total. The molecule has 1 heterocycles. The normalized spacial score (nSPS) is 11.7. The smallest absolute Gasteiger partial charge is 0.191 e. The topological polar surface area (TPSA) is 71.7 Å². The van der Waals surface area contributed by atoms with Gasteiger partial charge in [-0.2, -0.15) is 0 Å². The third-order valence-corrected chi connectivity index (χ3v) is 3.54. The van der Waals surface area contributed by atoms with E-state index in [2.05, 4.69) is 27.7 Å². The molecule has 7 heteroatoms. The number of nitrogens with zero attached hydrogens (tertiary/aromatic N) is 2. The van der Waals surface area contributed by atoms with Crippen LogP contribution in [0.5, 0.6) is 5.75 Å². The summed E-state index contributed by atoms with van der Waals surface area (Å²) in [7, 11) is 0. The van der Waals surface area contributed by atoms with Gasteiger partial charge in [0.05, 0.1) is 18.8 Å². The lowest BCUT2D eigenvalue weighted by Crippen LogP contribution is -2.36. The molecule has 0 aliphatic rings. The molecule has 27 heavy (non-hydrogen) atoms. The molecule has 1 aromatic heterocycles. The van der Waals surface area contributed by atoms with Crippen LogP contribution in [-0.4, -0.2) is 23.3 Å². The second-order valence-electron chi connectivity index (χ2n) is 7.01. The maximum atomic E-state index is 6.04. The Bertz CT molecular complexity index is 723. The van der Waals surface area contributed by atoms with E-state index in [1.807, 2.05) is 58.0 Å². The fraction of sp³-hybridized carbons (Fsp3) is 0.500. The van der Waals surface area contributed by atoms with Gasteiger partial charge < -0.3 is 19.9 Å². The van der Waals surface area contributed by atoms with Crippen molar-refractivity contribution in [3.8, 4) is 5.75 Å². The van der Waals surface area contributed by atoms with Gasteiger partial charge in [0.25, 0.3) is 0 Å². The predicted molar refractivity (Wildman–Crippen MR) is 120 cm³/mol. The molecule has 0 fully saturated rings. The number of hydrogen-bond donors (Lipinski definition) is 2. The fourth-order valence-electron chi connectivity index (χ4n) is 2.35. The Morgan fingerprint density at radius 2 is 1.93 bits per heavy atom. The molecule has 0 radical (unpaired) electrons. The van der Waals surface area contributed by atoms with Gasteiger partial charge in [0.1, 0.15) is 11.4 Å². The van der Waals surface area contributed by atoms with Crippen molar-refractivity contribution in [1.29, 1.82) is 0 Å². The number of aryl methyl sites for hydroxylation is 1. The van der Waals surface area contributed by atoms with Gasteiger partial charge >= 0.3 is 0 Å². The molecule has 150 valence electrons. The van der Waals surface area contributed by atoms with Gasteiger partial charge in [0, 0.05) is 18.2 Å². The van der Waals surface area contributed by atoms with Crippen molar-refractivity contribution >= 4 is 29.9 Å². The van der Waals surface area contributed by atoms with E-state index < -0.39 is 0 Å². The summed E-state index contributed by atoms with van der Waals surface area (Å²) < 4.78 is 11.3. The van der Waals surface area contributed by atoms with Crippen LogP contribution in [0.4, 0.5) is 0 Å². The van der Waals surface area contributed by atoms with Crippen LogP contribution in [0.3, 0.4) is 0 Å². The van der Waals surface area contributed by atoms with Gasteiger partial charge in [-0.3, -0.25) is 0 Å². The van der Waals surface area contributed by atoms with Crippen molar-refractivity contribution in [2.24, 2.45) is 4.99 Å². The molecule has 2 aromatic rings. The monoisotopic (exact) mass is 486 g/mol. The molecule has 0 bridgehead atoms. The third kappa shape index (κ3) is 8.19. The van der Waals surface area contributed by atoms with Gasteiger partial charge in [-0.05, 0) is 40.2 Å². The lowest BCUT2D eigenvalue weighted by Gasteiger charge is -2.23. The first-order chi connectivity index (χ1) is 12.4. The zero-order chi connectivity index (χ0) is 19.0. The number of rotatable bonds is 7. The Kier molecular flexibility index (Phi) is 9.62. The summed E-state index contributed by atoms with van der Waals surface area (Å²) in [5.74, 6) is 2.39. The second-order valence-corrected chi connectivity index (χ2v) is 7.01. The summed E-state index contributed by atoms with van der Waals surface area (Å²) in [6.07, 6.45) is 0.863. The zero-order valence-corrected chi connectivity index (χ0v) is 19.2. The van der Waals surface area contributed by atoms with Gasteiger partial charge in [0.15, 0.2) is 11.7 Å². The number of aromatic nitrogens is 1. The number of aliphatic imine (C=N–C) groups is 1. The van der Waals surface area contributed by atoms with Crippen LogP contribution in [0.1, 0.15) is 51.6 Å². The highest BCUT2D eigenvalue weighted by molar-refractivity contribution is 14.0. The first kappa shape index (κ1) is 23.3. The molecule has 0 aliphatic heterocycles. The molecule has 0 atom stereocenters. The van der Waals surface area contributed by atoms with Crippen LogP contribution < -0.4 is 15.4 Å². The number of para-hydroxylation sites is 1. The molecule has 6 nitrogen and oxygen atoms in total. The van der Waals surface area contributed by atoms with Gasteiger partial charge in [-0.25, -0.2) is 4.99 Å². The molecular formula is C20H31IN4O2. The van der Waals surface area contributed by atoms with E-state index in [1.54, 1.807) is 0 Å². The molecule has 0 saturated heterocycles. The summed E-state index contributed by atoms with van der Waals surface area (Å²) in [6, 6.07) is 9.97. The van der Waals surface area contributed by atoms with Crippen molar-refractivity contribution in [3.05, 3.63) is 47.3 Å². The van der Waals surface area contributed by atoms with Crippen LogP contribution in [0.15, 0.2) is 39.8 Å². The van der Waals surface area contributed by atoms with Crippen molar-refractivity contribution in [2.45, 2.75) is 59.7 Å². The first-order valence-corrected chi connectivity index (χ1v) is 9.15. The molecule has 0 amide bonds. The molecule has 1 aromatic carbocycles. The third-order valence-electron chi connectivity index (χ3n) is 3.54. The summed E-state index contributed by atoms with van der Waals surface area (Å²) >= 11 is 0. The molecule has 2 rings (SSSR count). The summed E-state index contributed by atoms with van der Waals surface area (Å²) in [5.41, 5.74) is 1.76. The van der Waals surface area contributed by atoms with Crippen LogP contribution in [-0.2, 0) is 19.5 Å². The SMILES string of the molecule is CCNC(=NCc1ccccc1OC(C)(C)C)NCc1cc(CC)no1.I. The Hall–Kier alpha value is -1.77. The van der Waals surface area contributed by atoms with E-state index in [9.17, 15) is 0 Å². The lowest BCUT2D eigenvalue weighted by molar-refractivity contribution is 0.129. The summed E-state index contributed by atoms with van der Waals surface area (Å²) in [4.78, 5) is 4.67. The minimum absolute atomic E-state index is 0. The van der Waals surface area contributed by atoms with Crippen molar-refractivity contribution in [2.75, 3.05) is 6.54 Å². The highest BCUT2D eigenvalue weighted by atomic mass is 127. The van der Waals surface area contributed by atoms with E-state index >= 15 is 0 Å². The summed E-state index contributed by atoms with van der Waals surface area (Å²) in [6.45, 7) is 12.1. The van der Waals surface area contributed by atoms with Gasteiger partial charge in [-0.15, -0.1) is 24.0 Å². The molecule has 0 saturated carbocycles. The average molecular weight is 486 g/mol. The maximum absolute atomic E-state index is 6.04. The van der Waals surface area contributed by atoms with E-state index in [0.29, 0.717) is 13.1 Å². The predicted octanol–water partition coefficient (Wildman–Crippen LogP) is 4.29. The average Bonchev–Trinajstić information content (AvgIpc) is 3.05. The van der Waals surface area contributed by atoms with Crippen LogP contribution in [0, 0.1) is 0 Å². The molecule has 0 unspecified atom stereocenters. The number of benzene rings is 1. The Labute approximate surface area is 179 Å². The molecular weight excluding hydrogens is 455 g/mol. The first-order valence-electron chi connectivity index (χ1n) is 9.15. The minimum Gasteiger partial charge on any atom is -0.488 e. The standard InChI is InChI=1S/C20H30N4O2.HI/c1-6-16-12-17(26-24-16)14-23-19(21-7-2)22-13-15-10-8-9-11-18(15)25-20(3,4)5;/h8-12H,6-7,13-14H2,1-5H3,(H2,21,22,23);1H.